The van der Waals surface area contributed by atoms with E-state index in [9.17, 15) is 18.0 Å². The summed E-state index contributed by atoms with van der Waals surface area (Å²) < 4.78 is 40.7. The van der Waals surface area contributed by atoms with Crippen LogP contribution in [0.15, 0.2) is 10.6 Å². The molecule has 0 aliphatic heterocycles. The molecule has 1 rings (SSSR count). The third kappa shape index (κ3) is 3.38. The van der Waals surface area contributed by atoms with Crippen LogP contribution < -0.4 is 0 Å². The van der Waals surface area contributed by atoms with Crippen molar-refractivity contribution in [2.45, 2.75) is 32.4 Å². The molecule has 6 heteroatoms. The van der Waals surface area contributed by atoms with Crippen molar-refractivity contribution in [3.63, 3.8) is 0 Å². The topological polar surface area (TPSA) is 43.1 Å². The lowest BCUT2D eigenvalue weighted by Crippen LogP contribution is -2.02. The summed E-state index contributed by atoms with van der Waals surface area (Å²) in [6.45, 7) is 1.69. The molecule has 1 aromatic rings. The molecular weight excluding hydrogens is 211 g/mol. The van der Waals surface area contributed by atoms with E-state index in [-0.39, 0.29) is 24.5 Å². The van der Waals surface area contributed by atoms with Crippen LogP contribution >= 0.6 is 0 Å². The summed E-state index contributed by atoms with van der Waals surface area (Å²) >= 11 is 0. The predicted octanol–water partition coefficient (Wildman–Crippen LogP) is 2.61. The highest BCUT2D eigenvalue weighted by atomic mass is 19.4. The average molecular weight is 221 g/mol. The molecule has 84 valence electrons. The Morgan fingerprint density at radius 2 is 2.20 bits per heavy atom. The Hall–Kier alpha value is -1.33. The summed E-state index contributed by atoms with van der Waals surface area (Å²) in [4.78, 5) is 14.3. The summed E-state index contributed by atoms with van der Waals surface area (Å²) in [6, 6.07) is 0. The fraction of sp³-hybridized carbons (Fsp3) is 0.556. The van der Waals surface area contributed by atoms with E-state index in [1.54, 1.807) is 6.92 Å². The molecule has 0 spiro atoms. The monoisotopic (exact) mass is 221 g/mol. The van der Waals surface area contributed by atoms with Gasteiger partial charge in [-0.05, 0) is 0 Å². The van der Waals surface area contributed by atoms with Crippen molar-refractivity contribution in [2.75, 3.05) is 0 Å². The van der Waals surface area contributed by atoms with Gasteiger partial charge in [-0.2, -0.15) is 13.2 Å². The largest absolute Gasteiger partial charge is 0.451 e. The van der Waals surface area contributed by atoms with E-state index in [1.165, 1.54) is 0 Å². The molecule has 0 unspecified atom stereocenters. The lowest BCUT2D eigenvalue weighted by atomic mass is 10.2. The van der Waals surface area contributed by atoms with Gasteiger partial charge in [0.25, 0.3) is 0 Å². The predicted molar refractivity (Wildman–Crippen MR) is 45.1 cm³/mol. The Morgan fingerprint density at radius 1 is 1.53 bits per heavy atom. The summed E-state index contributed by atoms with van der Waals surface area (Å²) in [5.41, 5.74) is 0. The van der Waals surface area contributed by atoms with Gasteiger partial charge >= 0.3 is 6.18 Å². The van der Waals surface area contributed by atoms with Gasteiger partial charge < -0.3 is 4.42 Å². The molecule has 0 saturated carbocycles. The molecule has 0 radical (unpaired) electrons. The number of nitrogens with zero attached hydrogens (tertiary/aromatic N) is 1. The van der Waals surface area contributed by atoms with Crippen LogP contribution in [0, 0.1) is 0 Å². The Kier molecular flexibility index (Phi) is 3.49. The number of aromatic nitrogens is 1. The Labute approximate surface area is 84.3 Å². The van der Waals surface area contributed by atoms with Crippen molar-refractivity contribution < 1.29 is 22.4 Å². The number of carbonyl (C=O) groups excluding carboxylic acids is 1. The second kappa shape index (κ2) is 4.46. The van der Waals surface area contributed by atoms with E-state index in [0.29, 0.717) is 12.6 Å². The number of hydrogen-bond acceptors (Lipinski definition) is 3. The molecule has 0 aliphatic carbocycles. The van der Waals surface area contributed by atoms with Crippen LogP contribution in [0.4, 0.5) is 13.2 Å². The second-order valence-electron chi connectivity index (χ2n) is 3.01. The molecule has 0 fully saturated rings. The number of hydrogen-bond donors (Lipinski definition) is 0. The number of carbonyl (C=O) groups is 1. The summed E-state index contributed by atoms with van der Waals surface area (Å²) in [5.74, 6) is -1.20. The quantitative estimate of drug-likeness (QED) is 0.784. The fourth-order valence-electron chi connectivity index (χ4n) is 0.980. The van der Waals surface area contributed by atoms with Crippen LogP contribution in [0.1, 0.15) is 31.4 Å². The zero-order valence-corrected chi connectivity index (χ0v) is 8.10. The van der Waals surface area contributed by atoms with Gasteiger partial charge in [-0.15, -0.1) is 0 Å². The summed E-state index contributed by atoms with van der Waals surface area (Å²) in [5, 5.41) is 0. The molecule has 0 atom stereocenters. The highest BCUT2D eigenvalue weighted by Crippen LogP contribution is 2.29. The maximum atomic E-state index is 12.1. The van der Waals surface area contributed by atoms with Gasteiger partial charge in [-0.1, -0.05) is 6.92 Å². The number of alkyl halides is 3. The summed E-state index contributed by atoms with van der Waals surface area (Å²) in [6.07, 6.45) is -3.24. The van der Waals surface area contributed by atoms with Crippen LogP contribution in [0.2, 0.25) is 0 Å². The molecule has 0 N–H and O–H groups in total. The zero-order chi connectivity index (χ0) is 11.5. The van der Waals surface area contributed by atoms with E-state index >= 15 is 0 Å². The van der Waals surface area contributed by atoms with Crippen molar-refractivity contribution in [1.29, 1.82) is 0 Å². The molecule has 15 heavy (non-hydrogen) atoms. The Morgan fingerprint density at radius 3 is 2.67 bits per heavy atom. The molecule has 0 aliphatic rings. The highest BCUT2D eigenvalue weighted by Gasteiger charge is 2.35. The first-order chi connectivity index (χ1) is 6.93. The number of ketones is 1. The lowest BCUT2D eigenvalue weighted by Gasteiger charge is -1.99. The summed E-state index contributed by atoms with van der Waals surface area (Å²) in [7, 11) is 0. The lowest BCUT2D eigenvalue weighted by molar-refractivity contribution is -0.153. The van der Waals surface area contributed by atoms with Crippen LogP contribution in [-0.4, -0.2) is 10.8 Å². The van der Waals surface area contributed by atoms with Gasteiger partial charge in [0.15, 0.2) is 5.89 Å². The van der Waals surface area contributed by atoms with Crippen molar-refractivity contribution in [2.24, 2.45) is 0 Å². The third-order valence-electron chi connectivity index (χ3n) is 1.84. The number of Topliss-reactive ketones (excluding diaryl/α,β-unsaturated/α-hetero) is 1. The van der Waals surface area contributed by atoms with Gasteiger partial charge in [0.05, 0.1) is 6.20 Å². The number of aryl methyl sites for hydroxylation is 1. The molecule has 0 bridgehead atoms. The molecule has 0 aromatic carbocycles. The minimum absolute atomic E-state index is 0.0261. The maximum Gasteiger partial charge on any atom is 0.451 e. The Balaban J connectivity index is 2.58. The second-order valence-corrected chi connectivity index (χ2v) is 3.01. The first-order valence-electron chi connectivity index (χ1n) is 4.47. The maximum absolute atomic E-state index is 12.1. The van der Waals surface area contributed by atoms with E-state index in [1.807, 2.05) is 0 Å². The first-order valence-corrected chi connectivity index (χ1v) is 4.47. The zero-order valence-electron chi connectivity index (χ0n) is 8.10. The fourth-order valence-corrected chi connectivity index (χ4v) is 0.980. The number of halogens is 3. The van der Waals surface area contributed by atoms with Crippen LogP contribution in [0.5, 0.6) is 0 Å². The molecule has 1 heterocycles. The van der Waals surface area contributed by atoms with Crippen molar-refractivity contribution in [3.8, 4) is 0 Å². The van der Waals surface area contributed by atoms with E-state index < -0.39 is 11.9 Å². The van der Waals surface area contributed by atoms with Gasteiger partial charge in [0.1, 0.15) is 5.78 Å². The minimum Gasteiger partial charge on any atom is -0.436 e. The van der Waals surface area contributed by atoms with Crippen molar-refractivity contribution in [3.05, 3.63) is 17.8 Å². The van der Waals surface area contributed by atoms with Crippen LogP contribution in [0.25, 0.3) is 0 Å². The van der Waals surface area contributed by atoms with Gasteiger partial charge in [-0.25, -0.2) is 4.98 Å². The van der Waals surface area contributed by atoms with Crippen LogP contribution in [0.3, 0.4) is 0 Å². The van der Waals surface area contributed by atoms with Gasteiger partial charge in [0, 0.05) is 19.3 Å². The number of rotatable bonds is 4. The van der Waals surface area contributed by atoms with Crippen molar-refractivity contribution >= 4 is 5.78 Å². The smallest absolute Gasteiger partial charge is 0.436 e. The normalized spacial score (nSPS) is 11.7. The van der Waals surface area contributed by atoms with Gasteiger partial charge in [0.2, 0.25) is 5.76 Å². The molecule has 1 aromatic heterocycles. The van der Waals surface area contributed by atoms with E-state index in [4.69, 9.17) is 0 Å². The standard InChI is InChI=1S/C9H10F3NO2/c1-2-6(14)3-4-8-13-5-7(15-8)9(10,11)12/h5H,2-4H2,1H3. The minimum atomic E-state index is -4.51. The van der Waals surface area contributed by atoms with Crippen LogP contribution in [-0.2, 0) is 17.4 Å². The van der Waals surface area contributed by atoms with E-state index in [0.717, 1.165) is 0 Å². The third-order valence-corrected chi connectivity index (χ3v) is 1.84. The SMILES string of the molecule is CCC(=O)CCc1ncc(C(F)(F)F)o1. The molecule has 0 amide bonds. The highest BCUT2D eigenvalue weighted by molar-refractivity contribution is 5.78. The number of oxazole rings is 1. The molecule has 3 nitrogen and oxygen atoms in total. The van der Waals surface area contributed by atoms with E-state index in [2.05, 4.69) is 9.40 Å². The Bertz CT molecular complexity index is 343. The first kappa shape index (κ1) is 11.7. The van der Waals surface area contributed by atoms with Gasteiger partial charge in [-0.3, -0.25) is 4.79 Å². The van der Waals surface area contributed by atoms with Crippen molar-refractivity contribution in [1.82, 2.24) is 4.98 Å². The average Bonchev–Trinajstić information content (AvgIpc) is 2.61. The molecular formula is C9H10F3NO2. The molecule has 0 saturated heterocycles.